The van der Waals surface area contributed by atoms with Crippen LogP contribution >= 0.6 is 0 Å². The standard InChI is InChI=1S/C20H38O4Si/c1-13(17(21)18(22)23)14-10-11-15-16(9-8-12-20(14,15)5)24-25(6,7)19(2,3)4/h13-17,21H,8-12H2,1-7H3,(H,22,23)/t13-,14+,15-,16-,17+,20+/m0/s1. The summed E-state index contributed by atoms with van der Waals surface area (Å²) in [7, 11) is -1.82. The van der Waals surface area contributed by atoms with Crippen LogP contribution in [0.2, 0.25) is 18.1 Å². The predicted octanol–water partition coefficient (Wildman–Crippen LogP) is 4.67. The lowest BCUT2D eigenvalue weighted by molar-refractivity contribution is -0.152. The highest BCUT2D eigenvalue weighted by atomic mass is 28.4. The Labute approximate surface area is 154 Å². The second kappa shape index (κ2) is 6.97. The molecule has 6 atom stereocenters. The van der Waals surface area contributed by atoms with Crippen molar-refractivity contribution >= 4 is 14.3 Å². The fourth-order valence-electron chi connectivity index (χ4n) is 5.16. The van der Waals surface area contributed by atoms with Gasteiger partial charge in [-0.3, -0.25) is 0 Å². The van der Waals surface area contributed by atoms with Crippen LogP contribution in [0.25, 0.3) is 0 Å². The summed E-state index contributed by atoms with van der Waals surface area (Å²) >= 11 is 0. The Morgan fingerprint density at radius 1 is 1.24 bits per heavy atom. The molecule has 0 unspecified atom stereocenters. The SMILES string of the molecule is C[C@@H]([C@H]1CC[C@H]2[C@@H](O[Si](C)(C)C(C)(C)C)CCC[C@]12C)[C@@H](O)C(=O)O. The van der Waals surface area contributed by atoms with E-state index in [1.165, 1.54) is 0 Å². The minimum atomic E-state index is -1.82. The lowest BCUT2D eigenvalue weighted by Gasteiger charge is -2.50. The number of aliphatic hydroxyl groups excluding tert-OH is 1. The molecule has 4 nitrogen and oxygen atoms in total. The molecule has 0 bridgehead atoms. The molecule has 0 spiro atoms. The van der Waals surface area contributed by atoms with Gasteiger partial charge < -0.3 is 14.6 Å². The van der Waals surface area contributed by atoms with Gasteiger partial charge in [0.15, 0.2) is 14.4 Å². The average Bonchev–Trinajstić information content (AvgIpc) is 2.82. The molecule has 5 heteroatoms. The number of aliphatic hydroxyl groups is 1. The third-order valence-corrected chi connectivity index (χ3v) is 12.3. The molecule has 2 rings (SSSR count). The summed E-state index contributed by atoms with van der Waals surface area (Å²) in [6.07, 6.45) is 4.51. The third kappa shape index (κ3) is 3.84. The second-order valence-electron chi connectivity index (χ2n) is 10.2. The average molecular weight is 371 g/mol. The summed E-state index contributed by atoms with van der Waals surface area (Å²) in [5.41, 5.74) is 0.0845. The van der Waals surface area contributed by atoms with Crippen LogP contribution < -0.4 is 0 Å². The Kier molecular flexibility index (Phi) is 5.83. The molecule has 2 aliphatic rings. The molecule has 2 fully saturated rings. The maximum atomic E-state index is 11.3. The van der Waals surface area contributed by atoms with Crippen molar-refractivity contribution in [3.8, 4) is 0 Å². The van der Waals surface area contributed by atoms with Gasteiger partial charge in [0, 0.05) is 6.10 Å². The maximum absolute atomic E-state index is 11.3. The number of carboxylic acid groups (broad SMARTS) is 1. The van der Waals surface area contributed by atoms with E-state index in [4.69, 9.17) is 4.43 Å². The van der Waals surface area contributed by atoms with Crippen LogP contribution in [-0.4, -0.2) is 36.7 Å². The number of rotatable bonds is 5. The van der Waals surface area contributed by atoms with Crippen molar-refractivity contribution in [1.82, 2.24) is 0 Å². The maximum Gasteiger partial charge on any atom is 0.332 e. The van der Waals surface area contributed by atoms with E-state index >= 15 is 0 Å². The van der Waals surface area contributed by atoms with Crippen LogP contribution in [0, 0.1) is 23.2 Å². The van der Waals surface area contributed by atoms with Crippen LogP contribution in [0.15, 0.2) is 0 Å². The van der Waals surface area contributed by atoms with Gasteiger partial charge in [-0.2, -0.15) is 0 Å². The highest BCUT2D eigenvalue weighted by Gasteiger charge is 2.55. The van der Waals surface area contributed by atoms with Gasteiger partial charge in [-0.1, -0.05) is 41.0 Å². The Morgan fingerprint density at radius 3 is 2.36 bits per heavy atom. The predicted molar refractivity (Wildman–Crippen MR) is 103 cm³/mol. The van der Waals surface area contributed by atoms with E-state index in [0.29, 0.717) is 12.0 Å². The largest absolute Gasteiger partial charge is 0.479 e. The summed E-state index contributed by atoms with van der Waals surface area (Å²) in [5, 5.41) is 19.5. The molecule has 0 aliphatic heterocycles. The van der Waals surface area contributed by atoms with Crippen LogP contribution in [0.3, 0.4) is 0 Å². The van der Waals surface area contributed by atoms with Gasteiger partial charge in [0.2, 0.25) is 0 Å². The first-order chi connectivity index (χ1) is 11.3. The number of carbonyl (C=O) groups is 1. The third-order valence-electron chi connectivity index (χ3n) is 7.77. The van der Waals surface area contributed by atoms with Crippen molar-refractivity contribution in [3.63, 3.8) is 0 Å². The fourth-order valence-corrected chi connectivity index (χ4v) is 6.56. The number of carboxylic acids is 1. The Morgan fingerprint density at radius 2 is 1.84 bits per heavy atom. The van der Waals surface area contributed by atoms with E-state index in [-0.39, 0.29) is 22.3 Å². The molecular weight excluding hydrogens is 332 g/mol. The second-order valence-corrected chi connectivity index (χ2v) is 15.0. The molecule has 25 heavy (non-hydrogen) atoms. The fraction of sp³-hybridized carbons (Fsp3) is 0.950. The number of hydrogen-bond acceptors (Lipinski definition) is 3. The highest BCUT2D eigenvalue weighted by molar-refractivity contribution is 6.74. The summed E-state index contributed by atoms with van der Waals surface area (Å²) < 4.78 is 6.82. The zero-order valence-corrected chi connectivity index (χ0v) is 18.1. The first-order valence-electron chi connectivity index (χ1n) is 9.90. The molecule has 0 heterocycles. The molecule has 146 valence electrons. The van der Waals surface area contributed by atoms with Crippen LogP contribution in [0.5, 0.6) is 0 Å². The van der Waals surface area contributed by atoms with Crippen molar-refractivity contribution < 1.29 is 19.4 Å². The Balaban J connectivity index is 2.20. The zero-order chi connectivity index (χ0) is 19.2. The van der Waals surface area contributed by atoms with Crippen molar-refractivity contribution in [3.05, 3.63) is 0 Å². The van der Waals surface area contributed by atoms with E-state index in [2.05, 4.69) is 40.8 Å². The molecule has 0 aromatic rings. The smallest absolute Gasteiger partial charge is 0.332 e. The summed E-state index contributed by atoms with van der Waals surface area (Å²) in [6.45, 7) is 15.7. The molecule has 0 saturated heterocycles. The van der Waals surface area contributed by atoms with Crippen LogP contribution in [0.1, 0.15) is 66.7 Å². The number of aliphatic carboxylic acids is 1. The molecular formula is C20H38O4Si. The summed E-state index contributed by atoms with van der Waals surface area (Å²) in [6, 6.07) is 0. The van der Waals surface area contributed by atoms with E-state index < -0.39 is 20.4 Å². The van der Waals surface area contributed by atoms with Crippen LogP contribution in [0.4, 0.5) is 0 Å². The Bertz CT molecular complexity index is 498. The highest BCUT2D eigenvalue weighted by Crippen LogP contribution is 2.59. The molecule has 2 aliphatic carbocycles. The van der Waals surface area contributed by atoms with Crippen molar-refractivity contribution in [2.45, 2.75) is 97.1 Å². The molecule has 0 aromatic heterocycles. The van der Waals surface area contributed by atoms with Gasteiger partial charge in [-0.05, 0) is 67.0 Å². The van der Waals surface area contributed by atoms with E-state index in [9.17, 15) is 15.0 Å². The summed E-state index contributed by atoms with van der Waals surface area (Å²) in [5.74, 6) is -0.554. The van der Waals surface area contributed by atoms with Gasteiger partial charge in [-0.25, -0.2) is 4.79 Å². The van der Waals surface area contributed by atoms with E-state index in [1.54, 1.807) is 0 Å². The van der Waals surface area contributed by atoms with Gasteiger partial charge in [0.05, 0.1) is 0 Å². The molecule has 0 aromatic carbocycles. The van der Waals surface area contributed by atoms with Gasteiger partial charge >= 0.3 is 5.97 Å². The molecule has 2 N–H and O–H groups in total. The topological polar surface area (TPSA) is 66.8 Å². The zero-order valence-electron chi connectivity index (χ0n) is 17.1. The molecule has 0 amide bonds. The first kappa shape index (κ1) is 20.9. The van der Waals surface area contributed by atoms with Crippen molar-refractivity contribution in [2.75, 3.05) is 0 Å². The van der Waals surface area contributed by atoms with Gasteiger partial charge in [-0.15, -0.1) is 0 Å². The van der Waals surface area contributed by atoms with Gasteiger partial charge in [0.25, 0.3) is 0 Å². The Hall–Kier alpha value is -0.393. The first-order valence-corrected chi connectivity index (χ1v) is 12.8. The number of fused-ring (bicyclic) bond motifs is 1. The van der Waals surface area contributed by atoms with Gasteiger partial charge in [0.1, 0.15) is 0 Å². The quantitative estimate of drug-likeness (QED) is 0.690. The normalized spacial score (nSPS) is 35.9. The van der Waals surface area contributed by atoms with Crippen LogP contribution in [-0.2, 0) is 9.22 Å². The minimum Gasteiger partial charge on any atom is -0.479 e. The van der Waals surface area contributed by atoms with E-state index in [1.807, 2.05) is 6.92 Å². The van der Waals surface area contributed by atoms with Crippen molar-refractivity contribution in [2.24, 2.45) is 23.2 Å². The van der Waals surface area contributed by atoms with E-state index in [0.717, 1.165) is 32.1 Å². The lowest BCUT2D eigenvalue weighted by atomic mass is 9.61. The summed E-state index contributed by atoms with van der Waals surface area (Å²) in [4.78, 5) is 11.3. The van der Waals surface area contributed by atoms with Crippen molar-refractivity contribution in [1.29, 1.82) is 0 Å². The lowest BCUT2D eigenvalue weighted by Crippen LogP contribution is -2.50. The molecule has 2 saturated carbocycles. The minimum absolute atomic E-state index is 0.0845. The molecule has 0 radical (unpaired) electrons. The number of hydrogen-bond donors (Lipinski definition) is 2. The monoisotopic (exact) mass is 370 g/mol.